The highest BCUT2D eigenvalue weighted by atomic mass is 16.5. The van der Waals surface area contributed by atoms with Crippen LogP contribution in [0.15, 0.2) is 66.7 Å². The zero-order chi connectivity index (χ0) is 24.2. The molecule has 0 aliphatic heterocycles. The number of carboxylic acids is 1. The van der Waals surface area contributed by atoms with E-state index >= 15 is 0 Å². The molecule has 4 aromatic rings. The number of benzene rings is 3. The lowest BCUT2D eigenvalue weighted by Gasteiger charge is -2.19. The Morgan fingerprint density at radius 1 is 0.971 bits per heavy atom. The second kappa shape index (κ2) is 9.76. The molecule has 0 aliphatic carbocycles. The first-order chi connectivity index (χ1) is 16.3. The average Bonchev–Trinajstić information content (AvgIpc) is 2.82. The van der Waals surface area contributed by atoms with Crippen molar-refractivity contribution in [3.05, 3.63) is 77.9 Å². The summed E-state index contributed by atoms with van der Waals surface area (Å²) in [6.45, 7) is 4.21. The summed E-state index contributed by atoms with van der Waals surface area (Å²) in [5.74, 6) is -0.817. The molecule has 0 saturated carbocycles. The summed E-state index contributed by atoms with van der Waals surface area (Å²) in [7, 11) is 0. The number of nitrogens with one attached hydrogen (secondary N) is 2. The normalized spacial score (nSPS) is 12.0. The quantitative estimate of drug-likeness (QED) is 0.216. The van der Waals surface area contributed by atoms with E-state index in [-0.39, 0.29) is 11.5 Å². The van der Waals surface area contributed by atoms with Gasteiger partial charge >= 0.3 is 12.1 Å². The second-order valence-corrected chi connectivity index (χ2v) is 8.33. The number of amides is 1. The molecule has 0 radical (unpaired) electrons. The fourth-order valence-corrected chi connectivity index (χ4v) is 3.58. The standard InChI is InChI=1S/C26H25N3O5/c1-15(2)14-34-26(33)27-18-7-5-6-16(12-18)24(30)29-23-19-8-3-4-9-21(19)28-22-13-17(25(31)32)10-11-20(22)23/h3-13,15,24,30H,14H2,1-2H3,(H,27,33)(H,28,29)(H,31,32). The van der Waals surface area contributed by atoms with E-state index in [1.807, 2.05) is 38.1 Å². The first-order valence-corrected chi connectivity index (χ1v) is 10.9. The number of carbonyl (C=O) groups excluding carboxylic acids is 1. The average molecular weight is 460 g/mol. The number of fused-ring (bicyclic) bond motifs is 2. The van der Waals surface area contributed by atoms with E-state index in [4.69, 9.17) is 4.74 Å². The highest BCUT2D eigenvalue weighted by Crippen LogP contribution is 2.33. The largest absolute Gasteiger partial charge is 0.478 e. The Bertz CT molecular complexity index is 1370. The maximum atomic E-state index is 12.0. The van der Waals surface area contributed by atoms with Crippen LogP contribution in [0.1, 0.15) is 36.0 Å². The SMILES string of the molecule is CC(C)COC(=O)Nc1cccc(C(O)Nc2c3ccccc3nc3cc(C(=O)O)ccc23)c1. The van der Waals surface area contributed by atoms with Crippen molar-refractivity contribution in [3.8, 4) is 0 Å². The maximum Gasteiger partial charge on any atom is 0.411 e. The van der Waals surface area contributed by atoms with Crippen LogP contribution in [0.3, 0.4) is 0 Å². The van der Waals surface area contributed by atoms with E-state index in [9.17, 15) is 19.8 Å². The molecule has 8 nitrogen and oxygen atoms in total. The number of anilines is 2. The van der Waals surface area contributed by atoms with Crippen molar-refractivity contribution in [2.45, 2.75) is 20.1 Å². The van der Waals surface area contributed by atoms with Gasteiger partial charge in [-0.2, -0.15) is 0 Å². The van der Waals surface area contributed by atoms with Gasteiger partial charge in [0.05, 0.1) is 28.9 Å². The number of nitrogens with zero attached hydrogens (tertiary/aromatic N) is 1. The van der Waals surface area contributed by atoms with Gasteiger partial charge in [-0.05, 0) is 42.3 Å². The van der Waals surface area contributed by atoms with Crippen molar-refractivity contribution < 1.29 is 24.5 Å². The van der Waals surface area contributed by atoms with Gasteiger partial charge in [0.1, 0.15) is 0 Å². The molecule has 8 heteroatoms. The summed E-state index contributed by atoms with van der Waals surface area (Å²) >= 11 is 0. The van der Waals surface area contributed by atoms with Crippen LogP contribution < -0.4 is 10.6 Å². The molecule has 1 aromatic heterocycles. The van der Waals surface area contributed by atoms with Crippen LogP contribution in [0.5, 0.6) is 0 Å². The molecular formula is C26H25N3O5. The lowest BCUT2D eigenvalue weighted by atomic mass is 10.0. The maximum absolute atomic E-state index is 12.0. The molecule has 1 atom stereocenters. The second-order valence-electron chi connectivity index (χ2n) is 8.33. The smallest absolute Gasteiger partial charge is 0.411 e. The van der Waals surface area contributed by atoms with Gasteiger partial charge in [0, 0.05) is 22.0 Å². The third-order valence-electron chi connectivity index (χ3n) is 5.21. The molecule has 1 unspecified atom stereocenters. The third-order valence-corrected chi connectivity index (χ3v) is 5.21. The molecule has 34 heavy (non-hydrogen) atoms. The fraction of sp³-hybridized carbons (Fsp3) is 0.192. The number of aliphatic hydroxyl groups is 1. The minimum Gasteiger partial charge on any atom is -0.478 e. The van der Waals surface area contributed by atoms with Crippen LogP contribution >= 0.6 is 0 Å². The number of para-hydroxylation sites is 1. The molecule has 174 valence electrons. The number of aliphatic hydroxyl groups excluding tert-OH is 1. The minimum atomic E-state index is -1.11. The predicted octanol–water partition coefficient (Wildman–Crippen LogP) is 5.39. The van der Waals surface area contributed by atoms with Gasteiger partial charge in [0.15, 0.2) is 6.23 Å². The number of pyridine rings is 1. The molecule has 3 aromatic carbocycles. The van der Waals surface area contributed by atoms with Crippen LogP contribution in [-0.4, -0.2) is 33.9 Å². The number of hydrogen-bond acceptors (Lipinski definition) is 6. The van der Waals surface area contributed by atoms with Gasteiger partial charge < -0.3 is 20.3 Å². The van der Waals surface area contributed by atoms with Gasteiger partial charge in [-0.3, -0.25) is 5.32 Å². The summed E-state index contributed by atoms with van der Waals surface area (Å²) in [6, 6.07) is 18.9. The topological polar surface area (TPSA) is 121 Å². The summed E-state index contributed by atoms with van der Waals surface area (Å²) in [4.78, 5) is 28.0. The molecule has 0 bridgehead atoms. The molecule has 0 aliphatic rings. The van der Waals surface area contributed by atoms with Crippen LogP contribution in [-0.2, 0) is 4.74 Å². The van der Waals surface area contributed by atoms with Crippen LogP contribution in [0.2, 0.25) is 0 Å². The Morgan fingerprint density at radius 2 is 1.74 bits per heavy atom. The summed E-state index contributed by atoms with van der Waals surface area (Å²) in [5.41, 5.74) is 2.93. The van der Waals surface area contributed by atoms with E-state index < -0.39 is 18.3 Å². The number of ether oxygens (including phenoxy) is 1. The lowest BCUT2D eigenvalue weighted by Crippen LogP contribution is -2.17. The Hall–Kier alpha value is -4.17. The van der Waals surface area contributed by atoms with Crippen molar-refractivity contribution in [3.63, 3.8) is 0 Å². The van der Waals surface area contributed by atoms with E-state index in [1.54, 1.807) is 30.3 Å². The molecule has 4 rings (SSSR count). The zero-order valence-electron chi connectivity index (χ0n) is 18.8. The first kappa shape index (κ1) is 23.0. The van der Waals surface area contributed by atoms with Crippen molar-refractivity contribution in [2.75, 3.05) is 17.2 Å². The monoisotopic (exact) mass is 459 g/mol. The lowest BCUT2D eigenvalue weighted by molar-refractivity contribution is 0.0697. The third kappa shape index (κ3) is 5.07. The van der Waals surface area contributed by atoms with Crippen molar-refractivity contribution in [1.29, 1.82) is 0 Å². The highest BCUT2D eigenvalue weighted by molar-refractivity contribution is 6.08. The van der Waals surface area contributed by atoms with Crippen LogP contribution in [0.4, 0.5) is 16.2 Å². The van der Waals surface area contributed by atoms with E-state index in [2.05, 4.69) is 15.6 Å². The van der Waals surface area contributed by atoms with Gasteiger partial charge in [-0.1, -0.05) is 44.2 Å². The molecule has 0 spiro atoms. The Balaban J connectivity index is 1.65. The van der Waals surface area contributed by atoms with Crippen LogP contribution in [0.25, 0.3) is 21.8 Å². The van der Waals surface area contributed by atoms with Gasteiger partial charge in [-0.25, -0.2) is 14.6 Å². The van der Waals surface area contributed by atoms with Gasteiger partial charge in [0.2, 0.25) is 0 Å². The van der Waals surface area contributed by atoms with Crippen molar-refractivity contribution >= 4 is 45.2 Å². The van der Waals surface area contributed by atoms with E-state index in [0.29, 0.717) is 40.0 Å². The van der Waals surface area contributed by atoms with Gasteiger partial charge in [-0.15, -0.1) is 0 Å². The van der Waals surface area contributed by atoms with Crippen molar-refractivity contribution in [1.82, 2.24) is 4.98 Å². The number of hydrogen-bond donors (Lipinski definition) is 4. The highest BCUT2D eigenvalue weighted by Gasteiger charge is 2.16. The number of aromatic nitrogens is 1. The van der Waals surface area contributed by atoms with Crippen LogP contribution in [0, 0.1) is 5.92 Å². The van der Waals surface area contributed by atoms with Gasteiger partial charge in [0.25, 0.3) is 0 Å². The fourth-order valence-electron chi connectivity index (χ4n) is 3.58. The molecule has 0 fully saturated rings. The molecule has 1 amide bonds. The summed E-state index contributed by atoms with van der Waals surface area (Å²) < 4.78 is 5.15. The molecule has 1 heterocycles. The Labute approximate surface area is 196 Å². The Morgan fingerprint density at radius 3 is 2.50 bits per heavy atom. The summed E-state index contributed by atoms with van der Waals surface area (Å²) in [6.07, 6.45) is -1.67. The van der Waals surface area contributed by atoms with Crippen molar-refractivity contribution in [2.24, 2.45) is 5.92 Å². The predicted molar refractivity (Wildman–Crippen MR) is 131 cm³/mol. The molecule has 4 N–H and O–H groups in total. The minimum absolute atomic E-state index is 0.130. The van der Waals surface area contributed by atoms with E-state index in [1.165, 1.54) is 12.1 Å². The zero-order valence-corrected chi connectivity index (χ0v) is 18.8. The number of carboxylic acid groups (broad SMARTS) is 1. The first-order valence-electron chi connectivity index (χ1n) is 10.9. The molecule has 0 saturated heterocycles. The number of aromatic carboxylic acids is 1. The summed E-state index contributed by atoms with van der Waals surface area (Å²) in [5, 5.41) is 27.6. The number of rotatable bonds is 7. The number of carbonyl (C=O) groups is 2. The van der Waals surface area contributed by atoms with E-state index in [0.717, 1.165) is 5.39 Å². The molecular weight excluding hydrogens is 434 g/mol. The Kier molecular flexibility index (Phi) is 6.60.